The molecule has 1 saturated carbocycles. The van der Waals surface area contributed by atoms with Crippen molar-refractivity contribution < 1.29 is 19.4 Å². The van der Waals surface area contributed by atoms with Crippen LogP contribution in [0.3, 0.4) is 0 Å². The van der Waals surface area contributed by atoms with Gasteiger partial charge in [0.2, 0.25) is 0 Å². The van der Waals surface area contributed by atoms with Gasteiger partial charge in [0.1, 0.15) is 5.54 Å². The summed E-state index contributed by atoms with van der Waals surface area (Å²) in [6, 6.07) is -0.363. The molecule has 2 aliphatic rings. The highest BCUT2D eigenvalue weighted by Crippen LogP contribution is 2.32. The molecular weight excluding hydrogens is 272 g/mol. The molecule has 120 valence electrons. The van der Waals surface area contributed by atoms with Crippen molar-refractivity contribution in [1.82, 2.24) is 10.6 Å². The van der Waals surface area contributed by atoms with Crippen LogP contribution in [0.25, 0.3) is 0 Å². The average Bonchev–Trinajstić information content (AvgIpc) is 2.48. The minimum atomic E-state index is -1.09. The maximum Gasteiger partial charge on any atom is 0.329 e. The number of ether oxygens (including phenoxy) is 1. The van der Waals surface area contributed by atoms with Gasteiger partial charge in [0.25, 0.3) is 0 Å². The Morgan fingerprint density at radius 2 is 1.81 bits per heavy atom. The highest BCUT2D eigenvalue weighted by molar-refractivity contribution is 5.86. The van der Waals surface area contributed by atoms with E-state index in [1.165, 1.54) is 0 Å². The first kappa shape index (κ1) is 16.1. The summed E-state index contributed by atoms with van der Waals surface area (Å²) >= 11 is 0. The van der Waals surface area contributed by atoms with Gasteiger partial charge < -0.3 is 20.5 Å². The van der Waals surface area contributed by atoms with Crippen molar-refractivity contribution in [2.45, 2.75) is 51.0 Å². The van der Waals surface area contributed by atoms with Gasteiger partial charge in [-0.25, -0.2) is 9.59 Å². The van der Waals surface area contributed by atoms with Crippen LogP contribution in [0.2, 0.25) is 0 Å². The zero-order valence-corrected chi connectivity index (χ0v) is 12.7. The van der Waals surface area contributed by atoms with Gasteiger partial charge in [-0.1, -0.05) is 6.92 Å². The van der Waals surface area contributed by atoms with Crippen molar-refractivity contribution in [3.05, 3.63) is 0 Å². The third-order valence-corrected chi connectivity index (χ3v) is 4.78. The molecule has 6 nitrogen and oxygen atoms in total. The van der Waals surface area contributed by atoms with E-state index in [0.29, 0.717) is 31.2 Å². The Balaban J connectivity index is 1.82. The standard InChI is InChI=1S/C15H26N2O4/c1-11-2-6-15(7-3-11,13(18)19)17-14(20)16-10-12-4-8-21-9-5-12/h11-12H,2-10H2,1H3,(H,18,19)(H2,16,17,20). The fraction of sp³-hybridized carbons (Fsp3) is 0.867. The van der Waals surface area contributed by atoms with Crippen LogP contribution in [-0.4, -0.2) is 42.4 Å². The van der Waals surface area contributed by atoms with Crippen LogP contribution in [0.5, 0.6) is 0 Å². The third-order valence-electron chi connectivity index (χ3n) is 4.78. The highest BCUT2D eigenvalue weighted by Gasteiger charge is 2.42. The molecule has 3 N–H and O–H groups in total. The number of hydrogen-bond donors (Lipinski definition) is 3. The highest BCUT2D eigenvalue weighted by atomic mass is 16.5. The monoisotopic (exact) mass is 298 g/mol. The second-order valence-electron chi connectivity index (χ2n) is 6.46. The molecule has 0 spiro atoms. The van der Waals surface area contributed by atoms with Crippen LogP contribution < -0.4 is 10.6 Å². The summed E-state index contributed by atoms with van der Waals surface area (Å²) < 4.78 is 5.28. The van der Waals surface area contributed by atoms with Crippen LogP contribution in [0.4, 0.5) is 4.79 Å². The van der Waals surface area contributed by atoms with Gasteiger partial charge >= 0.3 is 12.0 Å². The number of amides is 2. The Morgan fingerprint density at radius 3 is 2.38 bits per heavy atom. The molecule has 2 rings (SSSR count). The van der Waals surface area contributed by atoms with E-state index in [4.69, 9.17) is 4.74 Å². The summed E-state index contributed by atoms with van der Waals surface area (Å²) in [4.78, 5) is 23.6. The Labute approximate surface area is 125 Å². The summed E-state index contributed by atoms with van der Waals surface area (Å²) in [7, 11) is 0. The summed E-state index contributed by atoms with van der Waals surface area (Å²) in [6.45, 7) is 4.19. The van der Waals surface area contributed by atoms with Crippen molar-refractivity contribution >= 4 is 12.0 Å². The van der Waals surface area contributed by atoms with E-state index in [0.717, 1.165) is 38.9 Å². The molecule has 21 heavy (non-hydrogen) atoms. The molecule has 0 unspecified atom stereocenters. The first-order valence-corrected chi connectivity index (χ1v) is 7.89. The Morgan fingerprint density at radius 1 is 1.19 bits per heavy atom. The van der Waals surface area contributed by atoms with E-state index in [1.54, 1.807) is 0 Å². The zero-order valence-electron chi connectivity index (χ0n) is 12.7. The number of carboxylic acids is 1. The number of aliphatic carboxylic acids is 1. The Bertz CT molecular complexity index is 372. The van der Waals surface area contributed by atoms with Crippen molar-refractivity contribution in [1.29, 1.82) is 0 Å². The van der Waals surface area contributed by atoms with Gasteiger partial charge in [-0.2, -0.15) is 0 Å². The minimum Gasteiger partial charge on any atom is -0.480 e. The van der Waals surface area contributed by atoms with Crippen LogP contribution in [0, 0.1) is 11.8 Å². The molecule has 0 aromatic carbocycles. The maximum atomic E-state index is 12.0. The van der Waals surface area contributed by atoms with E-state index in [2.05, 4.69) is 17.6 Å². The van der Waals surface area contributed by atoms with Crippen molar-refractivity contribution in [2.24, 2.45) is 11.8 Å². The van der Waals surface area contributed by atoms with Crippen LogP contribution in [0.1, 0.15) is 45.4 Å². The molecule has 1 aliphatic heterocycles. The smallest absolute Gasteiger partial charge is 0.329 e. The number of carbonyl (C=O) groups is 2. The zero-order chi connectivity index (χ0) is 15.3. The van der Waals surface area contributed by atoms with Crippen molar-refractivity contribution in [3.63, 3.8) is 0 Å². The maximum absolute atomic E-state index is 12.0. The normalized spacial score (nSPS) is 30.6. The predicted octanol–water partition coefficient (Wildman–Crippen LogP) is 1.75. The third kappa shape index (κ3) is 4.33. The van der Waals surface area contributed by atoms with E-state index >= 15 is 0 Å². The molecule has 0 radical (unpaired) electrons. The summed E-state index contributed by atoms with van der Waals surface area (Å²) in [5, 5.41) is 15.0. The lowest BCUT2D eigenvalue weighted by atomic mass is 9.77. The lowest BCUT2D eigenvalue weighted by molar-refractivity contribution is -0.146. The largest absolute Gasteiger partial charge is 0.480 e. The summed E-state index contributed by atoms with van der Waals surface area (Å²) in [5.41, 5.74) is -1.09. The van der Waals surface area contributed by atoms with Gasteiger partial charge in [0.15, 0.2) is 0 Å². The fourth-order valence-electron chi connectivity index (χ4n) is 3.10. The Kier molecular flexibility index (Phi) is 5.45. The summed E-state index contributed by atoms with van der Waals surface area (Å²) in [6.07, 6.45) is 4.59. The molecule has 1 heterocycles. The predicted molar refractivity (Wildman–Crippen MR) is 78.1 cm³/mol. The van der Waals surface area contributed by atoms with Gasteiger partial charge in [0, 0.05) is 19.8 Å². The van der Waals surface area contributed by atoms with E-state index in [-0.39, 0.29) is 6.03 Å². The second kappa shape index (κ2) is 7.11. The Hall–Kier alpha value is -1.30. The van der Waals surface area contributed by atoms with Crippen molar-refractivity contribution in [2.75, 3.05) is 19.8 Å². The number of carboxylic acid groups (broad SMARTS) is 1. The topological polar surface area (TPSA) is 87.7 Å². The molecule has 0 bridgehead atoms. The number of nitrogens with one attached hydrogen (secondary N) is 2. The van der Waals surface area contributed by atoms with Crippen LogP contribution in [-0.2, 0) is 9.53 Å². The van der Waals surface area contributed by atoms with E-state index < -0.39 is 11.5 Å². The molecule has 2 amide bonds. The van der Waals surface area contributed by atoms with Gasteiger partial charge in [-0.05, 0) is 50.4 Å². The van der Waals surface area contributed by atoms with E-state index in [1.807, 2.05) is 0 Å². The quantitative estimate of drug-likeness (QED) is 0.738. The molecule has 1 aliphatic carbocycles. The van der Waals surface area contributed by atoms with Crippen LogP contribution >= 0.6 is 0 Å². The number of urea groups is 1. The SMILES string of the molecule is CC1CCC(NC(=O)NCC2CCOCC2)(C(=O)O)CC1. The molecule has 2 fully saturated rings. The van der Waals surface area contributed by atoms with Gasteiger partial charge in [-0.15, -0.1) is 0 Å². The van der Waals surface area contributed by atoms with Gasteiger partial charge in [0.05, 0.1) is 0 Å². The molecule has 6 heteroatoms. The molecular formula is C15H26N2O4. The van der Waals surface area contributed by atoms with Gasteiger partial charge in [-0.3, -0.25) is 0 Å². The fourth-order valence-corrected chi connectivity index (χ4v) is 3.10. The lowest BCUT2D eigenvalue weighted by Crippen LogP contribution is -2.59. The second-order valence-corrected chi connectivity index (χ2v) is 6.46. The minimum absolute atomic E-state index is 0.363. The molecule has 1 saturated heterocycles. The van der Waals surface area contributed by atoms with Crippen LogP contribution in [0.15, 0.2) is 0 Å². The average molecular weight is 298 g/mol. The molecule has 0 aromatic rings. The first-order valence-electron chi connectivity index (χ1n) is 7.89. The van der Waals surface area contributed by atoms with E-state index in [9.17, 15) is 14.7 Å². The number of carbonyl (C=O) groups excluding carboxylic acids is 1. The number of rotatable bonds is 4. The molecule has 0 atom stereocenters. The number of hydrogen-bond acceptors (Lipinski definition) is 3. The van der Waals surface area contributed by atoms with Crippen molar-refractivity contribution in [3.8, 4) is 0 Å². The first-order chi connectivity index (χ1) is 10.0. The lowest BCUT2D eigenvalue weighted by Gasteiger charge is -2.36. The molecule has 0 aromatic heterocycles. The summed E-state index contributed by atoms with van der Waals surface area (Å²) in [5.74, 6) is 0.0387.